The van der Waals surface area contributed by atoms with Crippen LogP contribution in [0.15, 0.2) is 66.7 Å². The molecule has 0 aliphatic rings. The Morgan fingerprint density at radius 3 is 2.40 bits per heavy atom. The quantitative estimate of drug-likeness (QED) is 0.278. The number of nitrogens with one attached hydrogen (secondary N) is 2. The average Bonchev–Trinajstić information content (AvgIpc) is 3.32. The number of benzene rings is 3. The van der Waals surface area contributed by atoms with Gasteiger partial charge in [0.1, 0.15) is 35.5 Å². The Bertz CT molecular complexity index is 1270. The molecule has 4 aromatic rings. The van der Waals surface area contributed by atoms with Crippen molar-refractivity contribution in [3.63, 3.8) is 0 Å². The molecule has 0 spiro atoms. The Morgan fingerprint density at radius 1 is 1.03 bits per heavy atom. The molecule has 3 aromatic carbocycles. The fraction of sp³-hybridized carbons (Fsp3) is 0.296. The van der Waals surface area contributed by atoms with E-state index < -0.39 is 6.10 Å². The van der Waals surface area contributed by atoms with Crippen LogP contribution in [-0.2, 0) is 6.42 Å². The van der Waals surface area contributed by atoms with Crippen molar-refractivity contribution in [2.75, 3.05) is 13.2 Å². The number of nitrogens with zero attached hydrogens (tertiary/aromatic N) is 2. The minimum Gasteiger partial charge on any atom is -0.488 e. The van der Waals surface area contributed by atoms with E-state index >= 15 is 0 Å². The molecule has 4 rings (SSSR count). The van der Waals surface area contributed by atoms with Crippen molar-refractivity contribution in [2.24, 2.45) is 0 Å². The molecule has 0 radical (unpaired) electrons. The summed E-state index contributed by atoms with van der Waals surface area (Å²) < 4.78 is 11.6. The van der Waals surface area contributed by atoms with E-state index in [1.807, 2.05) is 42.5 Å². The number of fused-ring (bicyclic) bond motifs is 1. The van der Waals surface area contributed by atoms with Gasteiger partial charge in [0.25, 0.3) is 0 Å². The van der Waals surface area contributed by atoms with Gasteiger partial charge in [-0.3, -0.25) is 4.79 Å². The number of rotatable bonds is 11. The Labute approximate surface area is 204 Å². The highest BCUT2D eigenvalue weighted by Crippen LogP contribution is 2.24. The number of aliphatic hydroxyl groups excluding tert-OH is 1. The van der Waals surface area contributed by atoms with Crippen LogP contribution in [0.1, 0.15) is 36.7 Å². The molecule has 8 nitrogen and oxygen atoms in total. The standard InChI is InChI=1S/C27H30N4O4/c1-18(32)20-9-13-23(14-10-20)35-22-11-7-19(8-12-22)15-27(2,3)28-16-21(33)17-34-25-6-4-5-24-26(25)30-31-29-24/h4-14,21,28,33H,15-17H2,1-3H3,(H,29,30,31)/t21-/m0/s1. The van der Waals surface area contributed by atoms with E-state index in [2.05, 4.69) is 34.6 Å². The number of β-amino-alcohol motifs (C(OH)–C–C–N with tert-alkyl or cyclic N) is 1. The van der Waals surface area contributed by atoms with Crippen LogP contribution in [0.5, 0.6) is 17.2 Å². The highest BCUT2D eigenvalue weighted by molar-refractivity contribution is 5.94. The average molecular weight is 475 g/mol. The lowest BCUT2D eigenvalue weighted by atomic mass is 9.94. The summed E-state index contributed by atoms with van der Waals surface area (Å²) in [6, 6.07) is 20.5. The van der Waals surface area contributed by atoms with Gasteiger partial charge in [-0.25, -0.2) is 0 Å². The van der Waals surface area contributed by atoms with E-state index in [1.165, 1.54) is 0 Å². The predicted molar refractivity (Wildman–Crippen MR) is 134 cm³/mol. The summed E-state index contributed by atoms with van der Waals surface area (Å²) in [5.41, 5.74) is 2.93. The second kappa shape index (κ2) is 10.7. The maximum absolute atomic E-state index is 11.4. The summed E-state index contributed by atoms with van der Waals surface area (Å²) in [6.45, 7) is 6.27. The number of carbonyl (C=O) groups is 1. The zero-order valence-corrected chi connectivity index (χ0v) is 20.1. The van der Waals surface area contributed by atoms with Gasteiger partial charge in [0, 0.05) is 17.6 Å². The van der Waals surface area contributed by atoms with Gasteiger partial charge < -0.3 is 19.9 Å². The predicted octanol–water partition coefficient (Wildman–Crippen LogP) is 4.30. The largest absolute Gasteiger partial charge is 0.488 e. The SMILES string of the molecule is CC(=O)c1ccc(Oc2ccc(CC(C)(C)NC[C@H](O)COc3cccc4n[nH]nc34)cc2)cc1. The first-order chi connectivity index (χ1) is 16.8. The van der Waals surface area contributed by atoms with E-state index in [-0.39, 0.29) is 17.9 Å². The van der Waals surface area contributed by atoms with Crippen LogP contribution in [0.3, 0.4) is 0 Å². The van der Waals surface area contributed by atoms with Crippen molar-refractivity contribution in [3.8, 4) is 17.2 Å². The molecule has 1 heterocycles. The number of Topliss-reactive ketones (excluding diaryl/α,β-unsaturated/α-hetero) is 1. The number of aromatic nitrogens is 3. The molecule has 1 aromatic heterocycles. The number of H-pyrrole nitrogens is 1. The third-order valence-corrected chi connectivity index (χ3v) is 5.62. The van der Waals surface area contributed by atoms with E-state index in [0.717, 1.165) is 23.3 Å². The number of ketones is 1. The van der Waals surface area contributed by atoms with Gasteiger partial charge in [0.15, 0.2) is 11.3 Å². The van der Waals surface area contributed by atoms with Crippen molar-refractivity contribution >= 4 is 16.8 Å². The van der Waals surface area contributed by atoms with Gasteiger partial charge in [-0.1, -0.05) is 18.2 Å². The number of aliphatic hydroxyl groups is 1. The molecular weight excluding hydrogens is 444 g/mol. The number of aromatic amines is 1. The van der Waals surface area contributed by atoms with Gasteiger partial charge in [0.2, 0.25) is 0 Å². The van der Waals surface area contributed by atoms with Gasteiger partial charge in [-0.05, 0) is 81.3 Å². The first kappa shape index (κ1) is 24.4. The molecule has 0 aliphatic heterocycles. The van der Waals surface area contributed by atoms with Crippen LogP contribution < -0.4 is 14.8 Å². The molecule has 0 saturated carbocycles. The molecule has 0 unspecified atom stereocenters. The zero-order chi connectivity index (χ0) is 24.8. The smallest absolute Gasteiger partial charge is 0.159 e. The topological polar surface area (TPSA) is 109 Å². The van der Waals surface area contributed by atoms with Crippen LogP contribution >= 0.6 is 0 Å². The summed E-state index contributed by atoms with van der Waals surface area (Å²) in [4.78, 5) is 11.4. The van der Waals surface area contributed by atoms with E-state index in [1.54, 1.807) is 31.2 Å². The van der Waals surface area contributed by atoms with Crippen molar-refractivity contribution in [1.29, 1.82) is 0 Å². The monoisotopic (exact) mass is 474 g/mol. The lowest BCUT2D eigenvalue weighted by Crippen LogP contribution is -2.46. The van der Waals surface area contributed by atoms with E-state index in [9.17, 15) is 9.90 Å². The van der Waals surface area contributed by atoms with Crippen molar-refractivity contribution < 1.29 is 19.4 Å². The highest BCUT2D eigenvalue weighted by atomic mass is 16.5. The molecule has 182 valence electrons. The number of hydrogen-bond acceptors (Lipinski definition) is 7. The third kappa shape index (κ3) is 6.65. The van der Waals surface area contributed by atoms with E-state index in [4.69, 9.17) is 9.47 Å². The Morgan fingerprint density at radius 2 is 1.71 bits per heavy atom. The molecule has 8 heteroatoms. The molecule has 0 amide bonds. The number of para-hydroxylation sites is 1. The summed E-state index contributed by atoms with van der Waals surface area (Å²) in [6.07, 6.45) is 0.0912. The molecule has 3 N–H and O–H groups in total. The molecular formula is C27H30N4O4. The van der Waals surface area contributed by atoms with Gasteiger partial charge in [0.05, 0.1) is 0 Å². The first-order valence-electron chi connectivity index (χ1n) is 11.5. The second-order valence-corrected chi connectivity index (χ2v) is 9.18. The summed E-state index contributed by atoms with van der Waals surface area (Å²) in [7, 11) is 0. The Hall–Kier alpha value is -3.75. The minimum atomic E-state index is -0.679. The zero-order valence-electron chi connectivity index (χ0n) is 20.1. The van der Waals surface area contributed by atoms with Gasteiger partial charge >= 0.3 is 0 Å². The van der Waals surface area contributed by atoms with Gasteiger partial charge in [-0.2, -0.15) is 15.4 Å². The number of ether oxygens (including phenoxy) is 2. The lowest BCUT2D eigenvalue weighted by Gasteiger charge is -2.28. The van der Waals surface area contributed by atoms with Crippen LogP contribution in [0, 0.1) is 0 Å². The maximum Gasteiger partial charge on any atom is 0.159 e. The Balaban J connectivity index is 1.25. The van der Waals surface area contributed by atoms with Crippen molar-refractivity contribution in [2.45, 2.75) is 38.8 Å². The number of hydrogen-bond donors (Lipinski definition) is 3. The lowest BCUT2D eigenvalue weighted by molar-refractivity contribution is 0.0994. The summed E-state index contributed by atoms with van der Waals surface area (Å²) in [5.74, 6) is 2.03. The Kier molecular flexibility index (Phi) is 7.43. The van der Waals surface area contributed by atoms with Crippen molar-refractivity contribution in [1.82, 2.24) is 20.7 Å². The number of carbonyl (C=O) groups excluding carboxylic acids is 1. The van der Waals surface area contributed by atoms with Crippen LogP contribution in [0.2, 0.25) is 0 Å². The molecule has 0 aliphatic carbocycles. The fourth-order valence-electron chi connectivity index (χ4n) is 3.74. The molecule has 0 fully saturated rings. The maximum atomic E-state index is 11.4. The fourth-order valence-corrected chi connectivity index (χ4v) is 3.74. The molecule has 0 bridgehead atoms. The highest BCUT2D eigenvalue weighted by Gasteiger charge is 2.20. The van der Waals surface area contributed by atoms with Crippen LogP contribution in [-0.4, -0.2) is 51.1 Å². The molecule has 0 saturated heterocycles. The molecule has 1 atom stereocenters. The van der Waals surface area contributed by atoms with Crippen LogP contribution in [0.4, 0.5) is 0 Å². The van der Waals surface area contributed by atoms with Gasteiger partial charge in [-0.15, -0.1) is 0 Å². The summed E-state index contributed by atoms with van der Waals surface area (Å²) in [5, 5.41) is 24.6. The minimum absolute atomic E-state index is 0.0290. The second-order valence-electron chi connectivity index (χ2n) is 9.18. The normalized spacial score (nSPS) is 12.5. The molecule has 35 heavy (non-hydrogen) atoms. The van der Waals surface area contributed by atoms with Crippen LogP contribution in [0.25, 0.3) is 11.0 Å². The van der Waals surface area contributed by atoms with Crippen molar-refractivity contribution in [3.05, 3.63) is 77.9 Å². The summed E-state index contributed by atoms with van der Waals surface area (Å²) >= 11 is 0. The first-order valence-corrected chi connectivity index (χ1v) is 11.5. The van der Waals surface area contributed by atoms with E-state index in [0.29, 0.717) is 29.1 Å². The third-order valence-electron chi connectivity index (χ3n) is 5.62.